The first-order valence-corrected chi connectivity index (χ1v) is 6.28. The number of amides is 1. The second kappa shape index (κ2) is 5.54. The molecule has 0 saturated carbocycles. The zero-order valence-electron chi connectivity index (χ0n) is 10.4. The molecule has 1 saturated heterocycles. The largest absolute Gasteiger partial charge is 0.348 e. The maximum Gasteiger partial charge on any atom is 0.288 e. The Morgan fingerprint density at radius 3 is 2.89 bits per heavy atom. The first kappa shape index (κ1) is 13.8. The normalized spacial score (nSPS) is 19.4. The summed E-state index contributed by atoms with van der Waals surface area (Å²) in [6.45, 7) is 1.73. The molecule has 1 aliphatic heterocycles. The van der Waals surface area contributed by atoms with E-state index >= 15 is 0 Å². The van der Waals surface area contributed by atoms with Crippen molar-refractivity contribution >= 4 is 23.2 Å². The Morgan fingerprint density at radius 1 is 1.58 bits per heavy atom. The van der Waals surface area contributed by atoms with Gasteiger partial charge in [-0.2, -0.15) is 0 Å². The predicted molar refractivity (Wildman–Crippen MR) is 71.5 cm³/mol. The highest BCUT2D eigenvalue weighted by Gasteiger charge is 2.23. The molecule has 19 heavy (non-hydrogen) atoms. The second-order valence-corrected chi connectivity index (χ2v) is 5.05. The Balaban J connectivity index is 2.11. The number of likely N-dealkylation sites (N-methyl/N-ethyl adjacent to an activating group) is 1. The van der Waals surface area contributed by atoms with Crippen molar-refractivity contribution in [2.45, 2.75) is 12.5 Å². The molecule has 1 aliphatic rings. The quantitative estimate of drug-likeness (QED) is 0.676. The van der Waals surface area contributed by atoms with Crippen LogP contribution in [-0.4, -0.2) is 41.9 Å². The van der Waals surface area contributed by atoms with Crippen molar-refractivity contribution in [1.82, 2.24) is 10.2 Å². The summed E-state index contributed by atoms with van der Waals surface area (Å²) in [6, 6.07) is 4.15. The molecule has 0 bridgehead atoms. The van der Waals surface area contributed by atoms with Gasteiger partial charge in [0, 0.05) is 24.2 Å². The highest BCUT2D eigenvalue weighted by molar-refractivity contribution is 6.32. The third-order valence-corrected chi connectivity index (χ3v) is 3.45. The van der Waals surface area contributed by atoms with Crippen molar-refractivity contribution in [3.05, 3.63) is 38.9 Å². The number of nitro benzene ring substituents is 1. The highest BCUT2D eigenvalue weighted by atomic mass is 35.5. The van der Waals surface area contributed by atoms with Gasteiger partial charge in [-0.15, -0.1) is 0 Å². The van der Waals surface area contributed by atoms with E-state index < -0.39 is 4.92 Å². The van der Waals surface area contributed by atoms with Crippen molar-refractivity contribution < 1.29 is 9.72 Å². The number of carbonyl (C=O) groups is 1. The van der Waals surface area contributed by atoms with Crippen molar-refractivity contribution in [3.63, 3.8) is 0 Å². The third kappa shape index (κ3) is 3.21. The van der Waals surface area contributed by atoms with E-state index in [2.05, 4.69) is 10.2 Å². The standard InChI is InChI=1S/C12H14ClN3O3/c1-15-5-4-9(7-15)14-12(17)8-2-3-10(13)11(6-8)16(18)19/h2-3,6,9H,4-5,7H2,1H3,(H,14,17). The lowest BCUT2D eigenvalue weighted by Gasteiger charge is -2.12. The number of carbonyl (C=O) groups excluding carboxylic acids is 1. The fraction of sp³-hybridized carbons (Fsp3) is 0.417. The van der Waals surface area contributed by atoms with Crippen LogP contribution >= 0.6 is 11.6 Å². The lowest BCUT2D eigenvalue weighted by atomic mass is 10.1. The number of likely N-dealkylation sites (tertiary alicyclic amines) is 1. The fourth-order valence-corrected chi connectivity index (χ4v) is 2.30. The summed E-state index contributed by atoms with van der Waals surface area (Å²) in [5.74, 6) is -0.305. The molecule has 0 radical (unpaired) electrons. The van der Waals surface area contributed by atoms with E-state index in [1.807, 2.05) is 7.05 Å². The monoisotopic (exact) mass is 283 g/mol. The van der Waals surface area contributed by atoms with Gasteiger partial charge in [-0.25, -0.2) is 0 Å². The molecule has 0 spiro atoms. The number of nitrogens with one attached hydrogen (secondary N) is 1. The van der Waals surface area contributed by atoms with Crippen LogP contribution in [0.4, 0.5) is 5.69 Å². The Hall–Kier alpha value is -1.66. The van der Waals surface area contributed by atoms with Crippen LogP contribution in [0.1, 0.15) is 16.8 Å². The van der Waals surface area contributed by atoms with Crippen LogP contribution < -0.4 is 5.32 Å². The molecule has 102 valence electrons. The lowest BCUT2D eigenvalue weighted by Crippen LogP contribution is -2.36. The summed E-state index contributed by atoms with van der Waals surface area (Å²) in [4.78, 5) is 24.3. The molecule has 1 N–H and O–H groups in total. The Morgan fingerprint density at radius 2 is 2.32 bits per heavy atom. The average molecular weight is 284 g/mol. The molecule has 1 unspecified atom stereocenters. The zero-order chi connectivity index (χ0) is 14.0. The first-order valence-electron chi connectivity index (χ1n) is 5.90. The molecule has 0 aliphatic carbocycles. The maximum atomic E-state index is 12.0. The van der Waals surface area contributed by atoms with Gasteiger partial charge >= 0.3 is 0 Å². The van der Waals surface area contributed by atoms with E-state index in [-0.39, 0.29) is 28.2 Å². The van der Waals surface area contributed by atoms with Crippen LogP contribution in [0.15, 0.2) is 18.2 Å². The smallest absolute Gasteiger partial charge is 0.288 e. The Labute approximate surface area is 115 Å². The van der Waals surface area contributed by atoms with Crippen molar-refractivity contribution in [3.8, 4) is 0 Å². The Bertz CT molecular complexity index is 521. The van der Waals surface area contributed by atoms with Gasteiger partial charge < -0.3 is 10.2 Å². The number of rotatable bonds is 3. The number of benzene rings is 1. The number of hydrogen-bond donors (Lipinski definition) is 1. The average Bonchev–Trinajstić information content (AvgIpc) is 2.74. The van der Waals surface area contributed by atoms with Gasteiger partial charge in [-0.1, -0.05) is 11.6 Å². The molecule has 6 nitrogen and oxygen atoms in total. The number of hydrogen-bond acceptors (Lipinski definition) is 4. The molecule has 1 heterocycles. The van der Waals surface area contributed by atoms with Gasteiger partial charge in [0.05, 0.1) is 4.92 Å². The minimum Gasteiger partial charge on any atom is -0.348 e. The number of nitro groups is 1. The number of nitrogens with zero attached hydrogens (tertiary/aromatic N) is 2. The maximum absolute atomic E-state index is 12.0. The lowest BCUT2D eigenvalue weighted by molar-refractivity contribution is -0.384. The first-order chi connectivity index (χ1) is 8.97. The minimum absolute atomic E-state index is 0.0298. The molecule has 2 rings (SSSR count). The summed E-state index contributed by atoms with van der Waals surface area (Å²) < 4.78 is 0. The number of halogens is 1. The SMILES string of the molecule is CN1CCC(NC(=O)c2ccc(Cl)c([N+](=O)[O-])c2)C1. The van der Waals surface area contributed by atoms with E-state index in [1.165, 1.54) is 18.2 Å². The van der Waals surface area contributed by atoms with Gasteiger partial charge in [0.25, 0.3) is 11.6 Å². The molecule has 7 heteroatoms. The van der Waals surface area contributed by atoms with Gasteiger partial charge in [-0.05, 0) is 32.1 Å². The van der Waals surface area contributed by atoms with Crippen LogP contribution in [0.2, 0.25) is 5.02 Å². The molecular formula is C12H14ClN3O3. The van der Waals surface area contributed by atoms with Crippen LogP contribution in [-0.2, 0) is 0 Å². The van der Waals surface area contributed by atoms with Crippen molar-refractivity contribution in [1.29, 1.82) is 0 Å². The van der Waals surface area contributed by atoms with Crippen LogP contribution in [0.25, 0.3) is 0 Å². The van der Waals surface area contributed by atoms with E-state index in [1.54, 1.807) is 0 Å². The molecular weight excluding hydrogens is 270 g/mol. The van der Waals surface area contributed by atoms with Gasteiger partial charge in [0.1, 0.15) is 5.02 Å². The summed E-state index contributed by atoms with van der Waals surface area (Å²) in [5.41, 5.74) is 0.00325. The summed E-state index contributed by atoms with van der Waals surface area (Å²) >= 11 is 5.71. The van der Waals surface area contributed by atoms with Crippen molar-refractivity contribution in [2.24, 2.45) is 0 Å². The molecule has 1 aromatic rings. The third-order valence-electron chi connectivity index (χ3n) is 3.13. The van der Waals surface area contributed by atoms with E-state index in [4.69, 9.17) is 11.6 Å². The highest BCUT2D eigenvalue weighted by Crippen LogP contribution is 2.25. The fourth-order valence-electron chi connectivity index (χ4n) is 2.12. The molecule has 1 amide bonds. The van der Waals surface area contributed by atoms with Crippen LogP contribution in [0.5, 0.6) is 0 Å². The summed E-state index contributed by atoms with van der Waals surface area (Å²) in [5, 5.41) is 13.7. The van der Waals surface area contributed by atoms with Crippen LogP contribution in [0, 0.1) is 10.1 Å². The van der Waals surface area contributed by atoms with Gasteiger partial charge in [0.15, 0.2) is 0 Å². The Kier molecular flexibility index (Phi) is 4.01. The summed E-state index contributed by atoms with van der Waals surface area (Å²) in [6.07, 6.45) is 0.887. The summed E-state index contributed by atoms with van der Waals surface area (Å²) in [7, 11) is 1.99. The van der Waals surface area contributed by atoms with Crippen molar-refractivity contribution in [2.75, 3.05) is 20.1 Å². The van der Waals surface area contributed by atoms with Gasteiger partial charge in [-0.3, -0.25) is 14.9 Å². The van der Waals surface area contributed by atoms with E-state index in [9.17, 15) is 14.9 Å². The van der Waals surface area contributed by atoms with Crippen LogP contribution in [0.3, 0.4) is 0 Å². The molecule has 1 atom stereocenters. The molecule has 1 aromatic carbocycles. The van der Waals surface area contributed by atoms with E-state index in [0.29, 0.717) is 0 Å². The van der Waals surface area contributed by atoms with E-state index in [0.717, 1.165) is 19.5 Å². The second-order valence-electron chi connectivity index (χ2n) is 4.64. The predicted octanol–water partition coefficient (Wildman–Crippen LogP) is 1.68. The molecule has 1 fully saturated rings. The van der Waals surface area contributed by atoms with Gasteiger partial charge in [0.2, 0.25) is 0 Å². The zero-order valence-corrected chi connectivity index (χ0v) is 11.2. The minimum atomic E-state index is -0.595. The molecule has 0 aromatic heterocycles. The topological polar surface area (TPSA) is 75.5 Å².